The third kappa shape index (κ3) is 8.65. The molecule has 1 amide bonds. The minimum Gasteiger partial charge on any atom is -0.776 e. The van der Waals surface area contributed by atoms with Crippen LogP contribution in [0.15, 0.2) is 24.3 Å². The first-order chi connectivity index (χ1) is 11.8. The van der Waals surface area contributed by atoms with Crippen molar-refractivity contribution in [1.82, 2.24) is 5.32 Å². The van der Waals surface area contributed by atoms with Gasteiger partial charge in [0.1, 0.15) is 0 Å². The van der Waals surface area contributed by atoms with Crippen molar-refractivity contribution < 1.29 is 108 Å². The predicted molar refractivity (Wildman–Crippen MR) is 83.9 cm³/mol. The Labute approximate surface area is 204 Å². The molecular weight excluding hydrogens is 438 g/mol. The summed E-state index contributed by atoms with van der Waals surface area (Å²) in [6, 6.07) is 5.59. The molecule has 1 aromatic rings. The first-order valence-corrected chi connectivity index (χ1v) is 10.3. The van der Waals surface area contributed by atoms with Gasteiger partial charge in [-0.2, -0.15) is 0 Å². The molecule has 0 bridgehead atoms. The van der Waals surface area contributed by atoms with Crippen LogP contribution in [0.25, 0.3) is 0 Å². The van der Waals surface area contributed by atoms with Crippen LogP contribution < -0.4 is 74.2 Å². The van der Waals surface area contributed by atoms with Gasteiger partial charge < -0.3 is 44.2 Å². The smallest absolute Gasteiger partial charge is 0.776 e. The average Bonchev–Trinajstić information content (AvgIpc) is 2.49. The zero-order valence-electron chi connectivity index (χ0n) is 15.3. The summed E-state index contributed by atoms with van der Waals surface area (Å²) in [6.45, 7) is -0.266. The predicted octanol–water partition coefficient (Wildman–Crippen LogP) is -7.43. The van der Waals surface area contributed by atoms with E-state index in [4.69, 9.17) is 14.9 Å². The molecule has 11 nitrogen and oxygen atoms in total. The summed E-state index contributed by atoms with van der Waals surface area (Å²) >= 11 is 0. The molecule has 0 heterocycles. The fraction of sp³-hybridized carbons (Fsp3) is 0.385. The molecule has 0 fully saturated rings. The Morgan fingerprint density at radius 1 is 1.04 bits per heavy atom. The van der Waals surface area contributed by atoms with Crippen LogP contribution in [0.5, 0.6) is 0 Å². The van der Waals surface area contributed by atoms with E-state index in [1.54, 1.807) is 0 Å². The van der Waals surface area contributed by atoms with Crippen LogP contribution in [-0.4, -0.2) is 43.5 Å². The SMILES string of the molecule is O=C(O)Cc1ccc(C(=O)NCCCC(O)(P(=O)([O-])O)P(=O)([O-])O)cc1.[Na+].[Na+]. The average molecular weight is 455 g/mol. The van der Waals surface area contributed by atoms with Crippen LogP contribution in [0.3, 0.4) is 0 Å². The van der Waals surface area contributed by atoms with Crippen LogP contribution >= 0.6 is 15.2 Å². The molecular formula is C13H17NNa2O10P2. The van der Waals surface area contributed by atoms with E-state index >= 15 is 0 Å². The van der Waals surface area contributed by atoms with Crippen molar-refractivity contribution in [2.24, 2.45) is 0 Å². The molecule has 0 saturated carbocycles. The minimum absolute atomic E-state index is 0. The summed E-state index contributed by atoms with van der Waals surface area (Å²) in [5.74, 6) is -1.65. The molecule has 0 aliphatic heterocycles. The van der Waals surface area contributed by atoms with Crippen LogP contribution in [0.2, 0.25) is 0 Å². The van der Waals surface area contributed by atoms with Crippen molar-refractivity contribution >= 4 is 27.1 Å². The zero-order chi connectivity index (χ0) is 20.2. The Kier molecular flexibility index (Phi) is 13.5. The number of aliphatic carboxylic acids is 1. The molecule has 1 rings (SSSR count). The van der Waals surface area contributed by atoms with Gasteiger partial charge in [0, 0.05) is 12.1 Å². The van der Waals surface area contributed by atoms with E-state index in [9.17, 15) is 33.6 Å². The molecule has 146 valence electrons. The second-order valence-electron chi connectivity index (χ2n) is 5.44. The van der Waals surface area contributed by atoms with Crippen LogP contribution in [0.4, 0.5) is 0 Å². The van der Waals surface area contributed by atoms with Gasteiger partial charge in [-0.15, -0.1) is 0 Å². The van der Waals surface area contributed by atoms with E-state index in [0.29, 0.717) is 5.56 Å². The summed E-state index contributed by atoms with van der Waals surface area (Å²) in [5.41, 5.74) is 0.644. The van der Waals surface area contributed by atoms with Gasteiger partial charge in [0.15, 0.2) is 20.3 Å². The maximum atomic E-state index is 11.9. The summed E-state index contributed by atoms with van der Waals surface area (Å²) in [7, 11) is -11.7. The number of nitrogens with one attached hydrogen (secondary N) is 1. The van der Waals surface area contributed by atoms with Gasteiger partial charge in [0.2, 0.25) is 0 Å². The van der Waals surface area contributed by atoms with Crippen molar-refractivity contribution in [3.63, 3.8) is 0 Å². The van der Waals surface area contributed by atoms with Crippen molar-refractivity contribution in [2.45, 2.75) is 24.3 Å². The number of aliphatic hydroxyl groups is 1. The maximum Gasteiger partial charge on any atom is 1.00 e. The third-order valence-electron chi connectivity index (χ3n) is 3.45. The minimum atomic E-state index is -5.83. The van der Waals surface area contributed by atoms with Gasteiger partial charge in [-0.05, 0) is 30.5 Å². The van der Waals surface area contributed by atoms with Gasteiger partial charge in [-0.1, -0.05) is 12.1 Å². The number of benzene rings is 1. The quantitative estimate of drug-likeness (QED) is 0.135. The first kappa shape index (κ1) is 30.6. The van der Waals surface area contributed by atoms with Gasteiger partial charge >= 0.3 is 65.1 Å². The second-order valence-corrected chi connectivity index (χ2v) is 9.36. The van der Waals surface area contributed by atoms with E-state index in [2.05, 4.69) is 5.32 Å². The number of hydrogen-bond donors (Lipinski definition) is 5. The number of carbonyl (C=O) groups excluding carboxylic acids is 1. The fourth-order valence-corrected chi connectivity index (χ4v) is 4.18. The number of hydrogen-bond acceptors (Lipinski definition) is 7. The molecule has 15 heteroatoms. The standard InChI is InChI=1S/C13H19NO10P2.2Na/c15-11(16)8-9-2-4-10(5-3-9)12(17)14-7-1-6-13(18,25(19,20)21)26(22,23)24;;/h2-5,18H,1,6-8H2,(H,14,17)(H,15,16)(H2,19,20,21)(H2,22,23,24);;/q;2*+1/p-2. The number of carbonyl (C=O) groups is 2. The molecule has 1 aromatic carbocycles. The summed E-state index contributed by atoms with van der Waals surface area (Å²) in [6.07, 6.45) is -1.66. The largest absolute Gasteiger partial charge is 1.00 e. The normalized spacial score (nSPS) is 16.9. The van der Waals surface area contributed by atoms with Crippen LogP contribution in [-0.2, 0) is 20.3 Å². The fourth-order valence-electron chi connectivity index (χ4n) is 2.02. The molecule has 0 radical (unpaired) electrons. The van der Waals surface area contributed by atoms with Gasteiger partial charge in [-0.3, -0.25) is 9.59 Å². The van der Waals surface area contributed by atoms with Gasteiger partial charge in [0.25, 0.3) is 5.91 Å². The molecule has 0 aliphatic carbocycles. The Bertz CT molecular complexity index is 739. The van der Waals surface area contributed by atoms with Crippen LogP contribution in [0.1, 0.15) is 28.8 Å². The molecule has 0 spiro atoms. The van der Waals surface area contributed by atoms with Crippen molar-refractivity contribution in [3.8, 4) is 0 Å². The Morgan fingerprint density at radius 3 is 1.89 bits per heavy atom. The second kappa shape index (κ2) is 12.3. The molecule has 0 aliphatic rings. The third-order valence-corrected chi connectivity index (χ3v) is 7.22. The first-order valence-electron chi connectivity index (χ1n) is 7.17. The zero-order valence-corrected chi connectivity index (χ0v) is 21.1. The molecule has 0 aromatic heterocycles. The Morgan fingerprint density at radius 2 is 1.50 bits per heavy atom. The number of amides is 1. The van der Waals surface area contributed by atoms with Gasteiger partial charge in [0.05, 0.1) is 6.42 Å². The van der Waals surface area contributed by atoms with E-state index in [-0.39, 0.29) is 84.1 Å². The van der Waals surface area contributed by atoms with Crippen molar-refractivity contribution in [2.75, 3.05) is 6.54 Å². The molecule has 2 atom stereocenters. The maximum absolute atomic E-state index is 11.9. The summed E-state index contributed by atoms with van der Waals surface area (Å²) in [5, 5.41) is 16.8. The van der Waals surface area contributed by atoms with E-state index in [1.807, 2.05) is 0 Å². The van der Waals surface area contributed by atoms with Crippen molar-refractivity contribution in [3.05, 3.63) is 35.4 Å². The number of carboxylic acid groups (broad SMARTS) is 1. The molecule has 0 saturated heterocycles. The topological polar surface area (TPSA) is 207 Å². The Hall–Kier alpha value is 0.420. The molecule has 5 N–H and O–H groups in total. The van der Waals surface area contributed by atoms with E-state index < -0.39 is 38.6 Å². The Balaban J connectivity index is 0. The summed E-state index contributed by atoms with van der Waals surface area (Å²) < 4.78 is 22.1. The van der Waals surface area contributed by atoms with Crippen LogP contribution in [0, 0.1) is 0 Å². The van der Waals surface area contributed by atoms with E-state index in [1.165, 1.54) is 24.3 Å². The number of carboxylic acids is 1. The van der Waals surface area contributed by atoms with E-state index in [0.717, 1.165) is 0 Å². The summed E-state index contributed by atoms with van der Waals surface area (Å²) in [4.78, 5) is 62.2. The van der Waals surface area contributed by atoms with Crippen molar-refractivity contribution in [1.29, 1.82) is 0 Å². The van der Waals surface area contributed by atoms with Gasteiger partial charge in [-0.25, -0.2) is 0 Å². The molecule has 2 unspecified atom stereocenters. The molecule has 28 heavy (non-hydrogen) atoms. The number of rotatable bonds is 9. The monoisotopic (exact) mass is 455 g/mol.